The van der Waals surface area contributed by atoms with Gasteiger partial charge in [-0.3, -0.25) is 24.0 Å². The van der Waals surface area contributed by atoms with Crippen molar-refractivity contribution in [3.8, 4) is 17.2 Å². The summed E-state index contributed by atoms with van der Waals surface area (Å²) < 4.78 is 24.5. The van der Waals surface area contributed by atoms with Gasteiger partial charge in [-0.2, -0.15) is 0 Å². The van der Waals surface area contributed by atoms with E-state index in [0.29, 0.717) is 73.8 Å². The molecule has 63 heavy (non-hydrogen) atoms. The number of rotatable bonds is 16. The average molecular weight is 872 g/mol. The maximum Gasteiger partial charge on any atom is 0.336 e. The van der Waals surface area contributed by atoms with Crippen LogP contribution in [0.25, 0.3) is 52.7 Å². The van der Waals surface area contributed by atoms with Crippen LogP contribution in [0.4, 0.5) is 5.69 Å². The standard InChI is InChI=1S/C49H49N3O10S/c1-27-34-13-9-10-14-36(34)45(59-28(2)53)43-44-46(60-29(3)54)38-23-31(15-18-37(38)47(61-30(4)55)49(44)63-48(27)43)16-20-40(56)50-21-11-7-8-12-22-51-41(57)24-32-25-42(58)62-39-26-33(52(5)6)17-19-35(32)39/h9-10,13-15,17-19,23,25-26H,7-8,11-12,16,20-22,24H2,1-6H3,(H,50,56)(H,51,57). The van der Waals surface area contributed by atoms with Crippen molar-refractivity contribution < 1.29 is 42.6 Å². The van der Waals surface area contributed by atoms with Crippen molar-refractivity contribution >= 4 is 99.4 Å². The number of ether oxygens (including phenoxy) is 3. The lowest BCUT2D eigenvalue weighted by atomic mass is 9.96. The molecule has 0 unspecified atom stereocenters. The van der Waals surface area contributed by atoms with Gasteiger partial charge in [-0.15, -0.1) is 11.3 Å². The van der Waals surface area contributed by atoms with E-state index in [9.17, 15) is 28.8 Å². The first-order chi connectivity index (χ1) is 30.2. The Morgan fingerprint density at radius 2 is 1.24 bits per heavy atom. The van der Waals surface area contributed by atoms with Crippen molar-refractivity contribution in [2.75, 3.05) is 32.1 Å². The van der Waals surface area contributed by atoms with Crippen LogP contribution in [-0.2, 0) is 36.8 Å². The lowest BCUT2D eigenvalue weighted by Gasteiger charge is -2.16. The number of thiophene rings is 1. The van der Waals surface area contributed by atoms with Gasteiger partial charge in [0.2, 0.25) is 11.8 Å². The number of benzene rings is 5. The summed E-state index contributed by atoms with van der Waals surface area (Å²) in [5.41, 5.74) is 3.18. The first-order valence-corrected chi connectivity index (χ1v) is 21.7. The summed E-state index contributed by atoms with van der Waals surface area (Å²) in [4.78, 5) is 77.6. The largest absolute Gasteiger partial charge is 0.425 e. The number of carbonyl (C=O) groups is 5. The van der Waals surface area contributed by atoms with Crippen LogP contribution in [0.1, 0.15) is 69.6 Å². The molecule has 0 aliphatic carbocycles. The van der Waals surface area contributed by atoms with Crippen LogP contribution in [0.15, 0.2) is 75.9 Å². The Kier molecular flexibility index (Phi) is 13.4. The Labute approximate surface area is 367 Å². The highest BCUT2D eigenvalue weighted by molar-refractivity contribution is 7.26. The lowest BCUT2D eigenvalue weighted by molar-refractivity contribution is -0.132. The fourth-order valence-electron chi connectivity index (χ4n) is 7.97. The molecule has 14 heteroatoms. The SMILES string of the molecule is CC(=O)Oc1c2ccc(CCC(=O)NCCCCCCNC(=O)Cc3cc(=O)oc4cc(N(C)C)ccc34)cc2c(OC(C)=O)c2c1sc1c(C)c3ccccc3c(OC(C)=O)c12. The highest BCUT2D eigenvalue weighted by Gasteiger charge is 2.28. The molecular formula is C49H49N3O10S. The van der Waals surface area contributed by atoms with E-state index in [1.165, 1.54) is 38.2 Å². The minimum atomic E-state index is -0.564. The quantitative estimate of drug-likeness (QED) is 0.0413. The molecule has 5 aromatic carbocycles. The molecule has 7 aromatic rings. The second kappa shape index (κ2) is 19.1. The number of aryl methyl sites for hydroxylation is 2. The van der Waals surface area contributed by atoms with Crippen LogP contribution in [0.2, 0.25) is 0 Å². The monoisotopic (exact) mass is 871 g/mol. The smallest absolute Gasteiger partial charge is 0.336 e. The predicted molar refractivity (Wildman–Crippen MR) is 246 cm³/mol. The van der Waals surface area contributed by atoms with Gasteiger partial charge in [0, 0.05) is 104 Å². The molecule has 0 aliphatic heterocycles. The second-order valence-corrected chi connectivity index (χ2v) is 16.8. The third kappa shape index (κ3) is 9.81. The molecule has 2 N–H and O–H groups in total. The zero-order chi connectivity index (χ0) is 44.9. The van der Waals surface area contributed by atoms with Crippen molar-refractivity contribution in [1.29, 1.82) is 0 Å². The molecule has 2 aromatic heterocycles. The number of unbranched alkanes of at least 4 members (excludes halogenated alkanes) is 3. The van der Waals surface area contributed by atoms with Crippen LogP contribution in [0, 0.1) is 6.92 Å². The fraction of sp³-hybridized carbons (Fsp3) is 0.306. The first kappa shape index (κ1) is 44.3. The zero-order valence-corrected chi connectivity index (χ0v) is 37.0. The fourth-order valence-corrected chi connectivity index (χ4v) is 9.28. The summed E-state index contributed by atoms with van der Waals surface area (Å²) in [7, 11) is 3.80. The summed E-state index contributed by atoms with van der Waals surface area (Å²) in [6.07, 6.45) is 3.94. The summed E-state index contributed by atoms with van der Waals surface area (Å²) in [5.74, 6) is -1.05. The molecule has 0 aliphatic rings. The molecule has 7 rings (SSSR count). The molecule has 0 radical (unpaired) electrons. The highest BCUT2D eigenvalue weighted by atomic mass is 32.1. The van der Waals surface area contributed by atoms with Crippen molar-refractivity contribution in [1.82, 2.24) is 10.6 Å². The number of amides is 2. The van der Waals surface area contributed by atoms with Gasteiger partial charge in [0.25, 0.3) is 0 Å². The summed E-state index contributed by atoms with van der Waals surface area (Å²) in [6, 6.07) is 20.0. The molecular weight excluding hydrogens is 823 g/mol. The van der Waals surface area contributed by atoms with Crippen LogP contribution in [-0.4, -0.2) is 56.9 Å². The summed E-state index contributed by atoms with van der Waals surface area (Å²) in [6.45, 7) is 6.94. The molecule has 13 nitrogen and oxygen atoms in total. The van der Waals surface area contributed by atoms with E-state index in [1.807, 2.05) is 74.4 Å². The molecule has 0 fully saturated rings. The van der Waals surface area contributed by atoms with E-state index >= 15 is 0 Å². The Morgan fingerprint density at radius 1 is 0.651 bits per heavy atom. The average Bonchev–Trinajstić information content (AvgIpc) is 3.64. The van der Waals surface area contributed by atoms with Gasteiger partial charge in [0.1, 0.15) is 17.1 Å². The van der Waals surface area contributed by atoms with E-state index in [2.05, 4.69) is 10.6 Å². The molecule has 0 bridgehead atoms. The Balaban J connectivity index is 0.993. The predicted octanol–water partition coefficient (Wildman–Crippen LogP) is 8.59. The number of anilines is 1. The van der Waals surface area contributed by atoms with E-state index in [-0.39, 0.29) is 30.4 Å². The normalized spacial score (nSPS) is 11.3. The molecule has 0 saturated heterocycles. The Hall–Kier alpha value is -6.80. The molecule has 2 amide bonds. The number of nitrogens with one attached hydrogen (secondary N) is 2. The van der Waals surface area contributed by atoms with E-state index in [1.54, 1.807) is 12.1 Å². The van der Waals surface area contributed by atoms with E-state index < -0.39 is 23.5 Å². The molecule has 0 saturated carbocycles. The maximum atomic E-state index is 13.0. The molecule has 0 atom stereocenters. The van der Waals surface area contributed by atoms with E-state index in [4.69, 9.17) is 18.6 Å². The molecule has 0 spiro atoms. The number of fused-ring (bicyclic) bond motifs is 6. The van der Waals surface area contributed by atoms with Gasteiger partial charge in [-0.05, 0) is 66.5 Å². The lowest BCUT2D eigenvalue weighted by Crippen LogP contribution is -2.26. The van der Waals surface area contributed by atoms with Crippen LogP contribution in [0.5, 0.6) is 17.2 Å². The third-order valence-electron chi connectivity index (χ3n) is 10.9. The highest BCUT2D eigenvalue weighted by Crippen LogP contribution is 2.55. The number of esters is 3. The summed E-state index contributed by atoms with van der Waals surface area (Å²) >= 11 is 1.36. The van der Waals surface area contributed by atoms with Gasteiger partial charge in [0.05, 0.1) is 16.5 Å². The molecule has 326 valence electrons. The number of nitrogens with zero attached hydrogens (tertiary/aromatic N) is 1. The van der Waals surface area contributed by atoms with Crippen LogP contribution in [0.3, 0.4) is 0 Å². The minimum absolute atomic E-state index is 0.0722. The zero-order valence-electron chi connectivity index (χ0n) is 36.2. The summed E-state index contributed by atoms with van der Waals surface area (Å²) in [5, 5.41) is 10.3. The van der Waals surface area contributed by atoms with Gasteiger partial charge in [-0.1, -0.05) is 49.2 Å². The van der Waals surface area contributed by atoms with Crippen molar-refractivity contribution in [3.63, 3.8) is 0 Å². The minimum Gasteiger partial charge on any atom is -0.425 e. The van der Waals surface area contributed by atoms with Crippen molar-refractivity contribution in [2.24, 2.45) is 0 Å². The van der Waals surface area contributed by atoms with E-state index in [0.717, 1.165) is 58.0 Å². The van der Waals surface area contributed by atoms with Crippen molar-refractivity contribution in [3.05, 3.63) is 93.8 Å². The van der Waals surface area contributed by atoms with Gasteiger partial charge in [-0.25, -0.2) is 4.79 Å². The Morgan fingerprint density at radius 3 is 1.90 bits per heavy atom. The number of hydrogen-bond acceptors (Lipinski definition) is 12. The van der Waals surface area contributed by atoms with Gasteiger partial charge < -0.3 is 34.2 Å². The molecule has 2 heterocycles. The third-order valence-corrected chi connectivity index (χ3v) is 12.2. The first-order valence-electron chi connectivity index (χ1n) is 20.9. The van der Waals surface area contributed by atoms with Crippen molar-refractivity contribution in [2.45, 2.75) is 72.6 Å². The van der Waals surface area contributed by atoms with Crippen LogP contribution >= 0.6 is 11.3 Å². The second-order valence-electron chi connectivity index (χ2n) is 15.8. The van der Waals surface area contributed by atoms with Gasteiger partial charge in [0.15, 0.2) is 5.75 Å². The van der Waals surface area contributed by atoms with Gasteiger partial charge >= 0.3 is 23.5 Å². The number of hydrogen-bond donors (Lipinski definition) is 2. The maximum absolute atomic E-state index is 13.0. The Bertz CT molecular complexity index is 3020. The topological polar surface area (TPSA) is 171 Å². The number of carbonyl (C=O) groups excluding carboxylic acids is 5. The van der Waals surface area contributed by atoms with Crippen LogP contribution < -0.4 is 35.4 Å².